The summed E-state index contributed by atoms with van der Waals surface area (Å²) < 4.78 is 1.88. The van der Waals surface area contributed by atoms with E-state index in [4.69, 9.17) is 0 Å². The van der Waals surface area contributed by atoms with Crippen LogP contribution in [0.4, 0.5) is 5.13 Å². The molecule has 3 heterocycles. The Bertz CT molecular complexity index is 870. The number of carbonyl (C=O) groups is 1. The minimum atomic E-state index is -0.322. The fraction of sp³-hybridized carbons (Fsp3) is 0.312. The molecule has 0 radical (unpaired) electrons. The van der Waals surface area contributed by atoms with Gasteiger partial charge < -0.3 is 9.88 Å². The molecule has 0 bridgehead atoms. The Morgan fingerprint density at radius 2 is 2.00 bits per heavy atom. The van der Waals surface area contributed by atoms with E-state index in [9.17, 15) is 4.79 Å². The molecule has 0 aliphatic carbocycles. The van der Waals surface area contributed by atoms with Crippen LogP contribution in [0.2, 0.25) is 0 Å². The molecular weight excluding hydrogens is 356 g/mol. The van der Waals surface area contributed by atoms with Crippen molar-refractivity contribution in [3.8, 4) is 11.4 Å². The van der Waals surface area contributed by atoms with Crippen LogP contribution in [0.15, 0.2) is 29.7 Å². The van der Waals surface area contributed by atoms with Crippen molar-refractivity contribution in [3.63, 3.8) is 0 Å². The molecule has 0 aliphatic rings. The lowest BCUT2D eigenvalue weighted by molar-refractivity contribution is -0.115. The largest absolute Gasteiger partial charge is 0.305 e. The summed E-state index contributed by atoms with van der Waals surface area (Å²) in [6.45, 7) is 5.76. The van der Waals surface area contributed by atoms with Crippen molar-refractivity contribution >= 4 is 34.1 Å². The summed E-state index contributed by atoms with van der Waals surface area (Å²) in [4.78, 5) is 21.8. The van der Waals surface area contributed by atoms with Gasteiger partial charge in [0.1, 0.15) is 0 Å². The summed E-state index contributed by atoms with van der Waals surface area (Å²) in [7, 11) is 1.89. The number of pyridine rings is 1. The molecule has 0 aliphatic heterocycles. The van der Waals surface area contributed by atoms with Gasteiger partial charge in [-0.15, -0.1) is 21.5 Å². The van der Waals surface area contributed by atoms with E-state index < -0.39 is 0 Å². The summed E-state index contributed by atoms with van der Waals surface area (Å²) in [5.41, 5.74) is 1.87. The number of carbonyl (C=O) groups excluding carboxylic acids is 1. The molecule has 130 valence electrons. The maximum atomic E-state index is 12.4. The van der Waals surface area contributed by atoms with Crippen LogP contribution in [0, 0.1) is 13.8 Å². The molecule has 0 spiro atoms. The Morgan fingerprint density at radius 1 is 1.28 bits per heavy atom. The molecule has 1 N–H and O–H groups in total. The number of thiazole rings is 1. The Labute approximate surface area is 153 Å². The Balaban J connectivity index is 1.69. The number of thioether (sulfide) groups is 1. The fourth-order valence-electron chi connectivity index (χ4n) is 2.11. The number of rotatable bonds is 5. The molecule has 1 amide bonds. The van der Waals surface area contributed by atoms with Gasteiger partial charge in [-0.05, 0) is 32.9 Å². The number of aromatic nitrogens is 5. The van der Waals surface area contributed by atoms with Gasteiger partial charge in [-0.25, -0.2) is 4.98 Å². The van der Waals surface area contributed by atoms with E-state index in [1.807, 2.05) is 44.5 Å². The molecule has 1 atom stereocenters. The predicted molar refractivity (Wildman–Crippen MR) is 99.8 cm³/mol. The molecule has 9 heteroatoms. The van der Waals surface area contributed by atoms with Crippen LogP contribution < -0.4 is 5.32 Å². The third-order valence-electron chi connectivity index (χ3n) is 3.68. The summed E-state index contributed by atoms with van der Waals surface area (Å²) in [6, 6.07) is 3.75. The van der Waals surface area contributed by atoms with E-state index in [2.05, 4.69) is 25.5 Å². The first kappa shape index (κ1) is 17.6. The number of anilines is 1. The highest BCUT2D eigenvalue weighted by molar-refractivity contribution is 8.00. The quantitative estimate of drug-likeness (QED) is 0.691. The van der Waals surface area contributed by atoms with Gasteiger partial charge in [0, 0.05) is 29.9 Å². The lowest BCUT2D eigenvalue weighted by atomic mass is 10.2. The fourth-order valence-corrected chi connectivity index (χ4v) is 3.75. The average molecular weight is 374 g/mol. The van der Waals surface area contributed by atoms with Crippen LogP contribution in [0.1, 0.15) is 17.5 Å². The van der Waals surface area contributed by atoms with Crippen molar-refractivity contribution in [1.29, 1.82) is 0 Å². The van der Waals surface area contributed by atoms with E-state index in [0.717, 1.165) is 22.0 Å². The minimum absolute atomic E-state index is 0.104. The molecular formula is C16H18N6OS2. The van der Waals surface area contributed by atoms with Crippen LogP contribution in [0.5, 0.6) is 0 Å². The maximum Gasteiger partial charge on any atom is 0.239 e. The van der Waals surface area contributed by atoms with E-state index in [0.29, 0.717) is 10.3 Å². The van der Waals surface area contributed by atoms with E-state index >= 15 is 0 Å². The van der Waals surface area contributed by atoms with Gasteiger partial charge in [0.2, 0.25) is 5.91 Å². The Morgan fingerprint density at radius 3 is 2.64 bits per heavy atom. The molecule has 0 saturated carbocycles. The van der Waals surface area contributed by atoms with Crippen LogP contribution >= 0.6 is 23.1 Å². The lowest BCUT2D eigenvalue weighted by Crippen LogP contribution is -2.22. The number of aryl methyl sites for hydroxylation is 2. The average Bonchev–Trinajstić information content (AvgIpc) is 3.11. The number of hydrogen-bond donors (Lipinski definition) is 1. The zero-order valence-electron chi connectivity index (χ0n) is 14.3. The lowest BCUT2D eigenvalue weighted by Gasteiger charge is -2.10. The first-order valence-electron chi connectivity index (χ1n) is 7.67. The van der Waals surface area contributed by atoms with Crippen LogP contribution in [0.3, 0.4) is 0 Å². The molecule has 0 aromatic carbocycles. The molecule has 7 nitrogen and oxygen atoms in total. The molecule has 25 heavy (non-hydrogen) atoms. The standard InChI is InChI=1S/C16H18N6OS2/c1-9-10(2)24-15(18-9)19-14(23)11(3)25-16-21-20-13(22(16)4)12-5-7-17-8-6-12/h5-8,11H,1-4H3,(H,18,19,23). The zero-order chi connectivity index (χ0) is 18.0. The van der Waals surface area contributed by atoms with Gasteiger partial charge in [0.25, 0.3) is 0 Å². The number of amides is 1. The predicted octanol–water partition coefficient (Wildman–Crippen LogP) is 3.07. The molecule has 0 fully saturated rings. The van der Waals surface area contributed by atoms with Crippen LogP contribution in [-0.4, -0.2) is 35.9 Å². The minimum Gasteiger partial charge on any atom is -0.305 e. The third kappa shape index (κ3) is 3.88. The molecule has 3 aromatic heterocycles. The summed E-state index contributed by atoms with van der Waals surface area (Å²) in [5.74, 6) is 0.635. The van der Waals surface area contributed by atoms with Gasteiger partial charge in [-0.1, -0.05) is 11.8 Å². The number of nitrogens with one attached hydrogen (secondary N) is 1. The monoisotopic (exact) mass is 374 g/mol. The van der Waals surface area contributed by atoms with Crippen molar-refractivity contribution < 1.29 is 4.79 Å². The Hall–Kier alpha value is -2.26. The topological polar surface area (TPSA) is 85.6 Å². The van der Waals surface area contributed by atoms with Gasteiger partial charge in [0.05, 0.1) is 10.9 Å². The Kier molecular flexibility index (Phi) is 5.14. The second-order valence-electron chi connectivity index (χ2n) is 5.51. The number of hydrogen-bond acceptors (Lipinski definition) is 7. The van der Waals surface area contributed by atoms with Gasteiger partial charge in [-0.2, -0.15) is 0 Å². The highest BCUT2D eigenvalue weighted by Gasteiger charge is 2.20. The summed E-state index contributed by atoms with van der Waals surface area (Å²) in [6.07, 6.45) is 3.43. The van der Waals surface area contributed by atoms with E-state index in [-0.39, 0.29) is 11.2 Å². The SMILES string of the molecule is Cc1nc(NC(=O)C(C)Sc2nnc(-c3ccncc3)n2C)sc1C. The maximum absolute atomic E-state index is 12.4. The second kappa shape index (κ2) is 7.32. The van der Waals surface area contributed by atoms with Crippen molar-refractivity contribution in [2.45, 2.75) is 31.2 Å². The van der Waals surface area contributed by atoms with Crippen LogP contribution in [-0.2, 0) is 11.8 Å². The van der Waals surface area contributed by atoms with E-state index in [1.165, 1.54) is 23.1 Å². The first-order valence-corrected chi connectivity index (χ1v) is 9.36. The smallest absolute Gasteiger partial charge is 0.239 e. The highest BCUT2D eigenvalue weighted by Crippen LogP contribution is 2.27. The normalized spacial score (nSPS) is 12.2. The van der Waals surface area contributed by atoms with Crippen LogP contribution in [0.25, 0.3) is 11.4 Å². The molecule has 3 rings (SSSR count). The summed E-state index contributed by atoms with van der Waals surface area (Å²) in [5, 5.41) is 12.3. The number of nitrogens with zero attached hydrogens (tertiary/aromatic N) is 5. The highest BCUT2D eigenvalue weighted by atomic mass is 32.2. The third-order valence-corrected chi connectivity index (χ3v) is 5.81. The second-order valence-corrected chi connectivity index (χ2v) is 8.02. The molecule has 0 saturated heterocycles. The molecule has 1 unspecified atom stereocenters. The van der Waals surface area contributed by atoms with Crippen molar-refractivity contribution in [2.75, 3.05) is 5.32 Å². The summed E-state index contributed by atoms with van der Waals surface area (Å²) >= 11 is 2.84. The van der Waals surface area contributed by atoms with Gasteiger partial charge in [-0.3, -0.25) is 9.78 Å². The zero-order valence-corrected chi connectivity index (χ0v) is 16.0. The van der Waals surface area contributed by atoms with Crippen molar-refractivity contribution in [1.82, 2.24) is 24.7 Å². The first-order chi connectivity index (χ1) is 12.0. The molecule has 3 aromatic rings. The van der Waals surface area contributed by atoms with E-state index in [1.54, 1.807) is 12.4 Å². The van der Waals surface area contributed by atoms with Crippen molar-refractivity contribution in [3.05, 3.63) is 35.1 Å². The van der Waals surface area contributed by atoms with Crippen molar-refractivity contribution in [2.24, 2.45) is 7.05 Å². The van der Waals surface area contributed by atoms with Gasteiger partial charge in [0.15, 0.2) is 16.1 Å². The van der Waals surface area contributed by atoms with Gasteiger partial charge >= 0.3 is 0 Å².